The highest BCUT2D eigenvalue weighted by atomic mass is 32.1. The van der Waals surface area contributed by atoms with Crippen LogP contribution in [0.3, 0.4) is 0 Å². The Labute approximate surface area is 138 Å². The predicted molar refractivity (Wildman–Crippen MR) is 92.7 cm³/mol. The molecule has 1 saturated carbocycles. The van der Waals surface area contributed by atoms with E-state index in [0.29, 0.717) is 16.3 Å². The van der Waals surface area contributed by atoms with Crippen LogP contribution in [0.2, 0.25) is 0 Å². The van der Waals surface area contributed by atoms with E-state index in [-0.39, 0.29) is 23.8 Å². The van der Waals surface area contributed by atoms with Crippen LogP contribution in [0.15, 0.2) is 41.8 Å². The lowest BCUT2D eigenvalue weighted by atomic mass is 10.1. The number of anilines is 2. The molecule has 5 nitrogen and oxygen atoms in total. The Bertz CT molecular complexity index is 700. The van der Waals surface area contributed by atoms with Gasteiger partial charge in [-0.15, -0.1) is 11.3 Å². The van der Waals surface area contributed by atoms with E-state index in [0.717, 1.165) is 19.3 Å². The molecule has 3 rings (SSSR count). The molecule has 23 heavy (non-hydrogen) atoms. The van der Waals surface area contributed by atoms with E-state index in [1.165, 1.54) is 11.3 Å². The molecule has 0 aliphatic heterocycles. The number of rotatable bonds is 4. The Morgan fingerprint density at radius 2 is 1.78 bits per heavy atom. The van der Waals surface area contributed by atoms with Gasteiger partial charge >= 0.3 is 0 Å². The van der Waals surface area contributed by atoms with Gasteiger partial charge in [-0.3, -0.25) is 9.59 Å². The predicted octanol–water partition coefficient (Wildman–Crippen LogP) is 3.07. The first-order valence-electron chi connectivity index (χ1n) is 7.64. The molecule has 2 amide bonds. The molecule has 120 valence electrons. The van der Waals surface area contributed by atoms with Gasteiger partial charge in [-0.1, -0.05) is 18.2 Å². The molecular formula is C17H19N3O2S. The summed E-state index contributed by atoms with van der Waals surface area (Å²) in [6.45, 7) is 0. The summed E-state index contributed by atoms with van der Waals surface area (Å²) in [4.78, 5) is 25.2. The second-order valence-electron chi connectivity index (χ2n) is 5.74. The average Bonchev–Trinajstić information content (AvgIpc) is 3.20. The van der Waals surface area contributed by atoms with E-state index in [4.69, 9.17) is 5.73 Å². The van der Waals surface area contributed by atoms with Crippen LogP contribution in [0, 0.1) is 5.92 Å². The van der Waals surface area contributed by atoms with E-state index in [9.17, 15) is 9.59 Å². The van der Waals surface area contributed by atoms with Crippen LogP contribution >= 0.6 is 11.3 Å². The van der Waals surface area contributed by atoms with Crippen LogP contribution in [0.5, 0.6) is 0 Å². The molecule has 0 saturated heterocycles. The summed E-state index contributed by atoms with van der Waals surface area (Å²) < 4.78 is 0. The first-order chi connectivity index (χ1) is 11.1. The maximum absolute atomic E-state index is 12.3. The van der Waals surface area contributed by atoms with Crippen LogP contribution in [-0.2, 0) is 4.79 Å². The first-order valence-corrected chi connectivity index (χ1v) is 8.52. The highest BCUT2D eigenvalue weighted by molar-refractivity contribution is 7.12. The Kier molecular flexibility index (Phi) is 4.73. The third-order valence-electron chi connectivity index (χ3n) is 4.02. The van der Waals surface area contributed by atoms with Crippen LogP contribution in [0.25, 0.3) is 0 Å². The van der Waals surface area contributed by atoms with Crippen molar-refractivity contribution >= 4 is 34.5 Å². The summed E-state index contributed by atoms with van der Waals surface area (Å²) in [5.74, 6) is -0.258. The van der Waals surface area contributed by atoms with Gasteiger partial charge in [0.05, 0.1) is 16.3 Å². The van der Waals surface area contributed by atoms with Crippen LogP contribution < -0.4 is 16.4 Å². The minimum Gasteiger partial charge on any atom is -0.328 e. The van der Waals surface area contributed by atoms with Gasteiger partial charge in [0.1, 0.15) is 0 Å². The van der Waals surface area contributed by atoms with Crippen molar-refractivity contribution in [2.75, 3.05) is 10.6 Å². The summed E-state index contributed by atoms with van der Waals surface area (Å²) in [6.07, 6.45) is 2.42. The number of hydrogen-bond donors (Lipinski definition) is 3. The Morgan fingerprint density at radius 1 is 1.04 bits per heavy atom. The molecule has 6 heteroatoms. The molecule has 0 radical (unpaired) electrons. The highest BCUT2D eigenvalue weighted by Gasteiger charge is 2.28. The van der Waals surface area contributed by atoms with E-state index in [2.05, 4.69) is 10.6 Å². The lowest BCUT2D eigenvalue weighted by molar-refractivity contribution is -0.119. The van der Waals surface area contributed by atoms with Gasteiger partial charge < -0.3 is 16.4 Å². The third kappa shape index (κ3) is 3.78. The number of thiophene rings is 1. The van der Waals surface area contributed by atoms with Gasteiger partial charge in [-0.25, -0.2) is 0 Å². The van der Waals surface area contributed by atoms with Gasteiger partial charge in [0, 0.05) is 12.0 Å². The zero-order valence-corrected chi connectivity index (χ0v) is 13.4. The minimum atomic E-state index is -0.176. The van der Waals surface area contributed by atoms with Gasteiger partial charge in [0.2, 0.25) is 5.91 Å². The van der Waals surface area contributed by atoms with Crippen molar-refractivity contribution in [3.63, 3.8) is 0 Å². The molecule has 2 unspecified atom stereocenters. The van der Waals surface area contributed by atoms with E-state index in [1.807, 2.05) is 23.6 Å². The summed E-state index contributed by atoms with van der Waals surface area (Å²) in [5.41, 5.74) is 7.08. The lowest BCUT2D eigenvalue weighted by Crippen LogP contribution is -2.24. The number of para-hydroxylation sites is 2. The second kappa shape index (κ2) is 6.93. The number of nitrogens with one attached hydrogen (secondary N) is 2. The maximum Gasteiger partial charge on any atom is 0.265 e. The Hall–Kier alpha value is -2.18. The van der Waals surface area contributed by atoms with Crippen molar-refractivity contribution in [1.29, 1.82) is 0 Å². The summed E-state index contributed by atoms with van der Waals surface area (Å²) in [5, 5.41) is 7.62. The molecule has 1 aliphatic carbocycles. The van der Waals surface area contributed by atoms with Gasteiger partial charge in [0.15, 0.2) is 0 Å². The van der Waals surface area contributed by atoms with Crippen molar-refractivity contribution in [3.05, 3.63) is 46.7 Å². The Morgan fingerprint density at radius 3 is 2.39 bits per heavy atom. The molecule has 2 atom stereocenters. The van der Waals surface area contributed by atoms with Crippen molar-refractivity contribution in [2.24, 2.45) is 11.7 Å². The van der Waals surface area contributed by atoms with E-state index < -0.39 is 0 Å². The number of nitrogens with two attached hydrogens (primary N) is 1. The molecular weight excluding hydrogens is 310 g/mol. The minimum absolute atomic E-state index is 0.0317. The third-order valence-corrected chi connectivity index (χ3v) is 4.89. The standard InChI is InChI=1S/C17H19N3O2S/c18-12-8-7-11(10-12)16(21)19-13-4-1-2-5-14(13)20-17(22)15-6-3-9-23-15/h1-6,9,11-12H,7-8,10,18H2,(H,19,21)(H,20,22). The molecule has 1 aliphatic rings. The topological polar surface area (TPSA) is 84.2 Å². The van der Waals surface area contributed by atoms with Crippen molar-refractivity contribution in [3.8, 4) is 0 Å². The fourth-order valence-electron chi connectivity index (χ4n) is 2.78. The van der Waals surface area contributed by atoms with Crippen molar-refractivity contribution in [2.45, 2.75) is 25.3 Å². The van der Waals surface area contributed by atoms with Crippen molar-refractivity contribution in [1.82, 2.24) is 0 Å². The van der Waals surface area contributed by atoms with Crippen LogP contribution in [-0.4, -0.2) is 17.9 Å². The lowest BCUT2D eigenvalue weighted by Gasteiger charge is -2.14. The fourth-order valence-corrected chi connectivity index (χ4v) is 3.40. The van der Waals surface area contributed by atoms with Crippen LogP contribution in [0.1, 0.15) is 28.9 Å². The quantitative estimate of drug-likeness (QED) is 0.806. The summed E-state index contributed by atoms with van der Waals surface area (Å²) in [6, 6.07) is 10.9. The normalized spacial score (nSPS) is 20.2. The average molecular weight is 329 g/mol. The number of benzene rings is 1. The molecule has 1 heterocycles. The fraction of sp³-hybridized carbons (Fsp3) is 0.294. The SMILES string of the molecule is NC1CCC(C(=O)Nc2ccccc2NC(=O)c2cccs2)C1. The summed E-state index contributed by atoms with van der Waals surface area (Å²) >= 11 is 1.38. The zero-order chi connectivity index (χ0) is 16.2. The van der Waals surface area contributed by atoms with Crippen LogP contribution in [0.4, 0.5) is 11.4 Å². The highest BCUT2D eigenvalue weighted by Crippen LogP contribution is 2.28. The molecule has 4 N–H and O–H groups in total. The molecule has 1 fully saturated rings. The number of carbonyl (C=O) groups is 2. The number of hydrogen-bond acceptors (Lipinski definition) is 4. The van der Waals surface area contributed by atoms with E-state index >= 15 is 0 Å². The monoisotopic (exact) mass is 329 g/mol. The van der Waals surface area contributed by atoms with Gasteiger partial charge in [-0.05, 0) is 42.8 Å². The molecule has 0 spiro atoms. The Balaban J connectivity index is 1.70. The maximum atomic E-state index is 12.3. The molecule has 1 aromatic carbocycles. The number of amides is 2. The van der Waals surface area contributed by atoms with Crippen molar-refractivity contribution < 1.29 is 9.59 Å². The summed E-state index contributed by atoms with van der Waals surface area (Å²) in [7, 11) is 0. The second-order valence-corrected chi connectivity index (χ2v) is 6.68. The molecule has 2 aromatic rings. The molecule has 0 bridgehead atoms. The van der Waals surface area contributed by atoms with Gasteiger partial charge in [-0.2, -0.15) is 0 Å². The van der Waals surface area contributed by atoms with Gasteiger partial charge in [0.25, 0.3) is 5.91 Å². The number of carbonyl (C=O) groups excluding carboxylic acids is 2. The van der Waals surface area contributed by atoms with E-state index in [1.54, 1.807) is 18.2 Å². The molecule has 1 aromatic heterocycles. The first kappa shape index (κ1) is 15.7. The zero-order valence-electron chi connectivity index (χ0n) is 12.6. The smallest absolute Gasteiger partial charge is 0.265 e. The largest absolute Gasteiger partial charge is 0.328 e.